The number of benzene rings is 2. The van der Waals surface area contributed by atoms with E-state index in [0.29, 0.717) is 0 Å². The molecule has 1 N–H and O–H groups in total. The minimum atomic E-state index is 0.169. The monoisotopic (exact) mass is 335 g/mol. The van der Waals surface area contributed by atoms with Crippen molar-refractivity contribution in [3.63, 3.8) is 0 Å². The lowest BCUT2D eigenvalue weighted by Crippen LogP contribution is -2.43. The number of fused-ring (bicyclic) bond motifs is 1. The van der Waals surface area contributed by atoms with Crippen molar-refractivity contribution in [3.05, 3.63) is 59.7 Å². The van der Waals surface area contributed by atoms with Crippen LogP contribution in [0.2, 0.25) is 0 Å². The first-order chi connectivity index (χ1) is 12.3. The van der Waals surface area contributed by atoms with Gasteiger partial charge in [0.15, 0.2) is 0 Å². The maximum atomic E-state index is 9.83. The third-order valence-corrected chi connectivity index (χ3v) is 5.19. The van der Waals surface area contributed by atoms with E-state index in [2.05, 4.69) is 58.9 Å². The molecule has 3 aromatic rings. The van der Waals surface area contributed by atoms with Gasteiger partial charge in [-0.05, 0) is 43.9 Å². The van der Waals surface area contributed by atoms with Gasteiger partial charge < -0.3 is 14.6 Å². The molecule has 0 amide bonds. The van der Waals surface area contributed by atoms with E-state index in [0.717, 1.165) is 42.9 Å². The van der Waals surface area contributed by atoms with Crippen molar-refractivity contribution in [2.45, 2.75) is 38.8 Å². The highest BCUT2D eigenvalue weighted by molar-refractivity contribution is 5.79. The Hall–Kier alpha value is -2.33. The van der Waals surface area contributed by atoms with Gasteiger partial charge in [-0.25, -0.2) is 4.98 Å². The summed E-state index contributed by atoms with van der Waals surface area (Å²) in [6.45, 7) is 4.06. The zero-order valence-electron chi connectivity index (χ0n) is 14.7. The van der Waals surface area contributed by atoms with Gasteiger partial charge in [-0.1, -0.05) is 42.0 Å². The van der Waals surface area contributed by atoms with Crippen LogP contribution >= 0.6 is 0 Å². The normalized spacial score (nSPS) is 18.0. The SMILES string of the molecule is Cc1ccc(Cn2c(N3CCCCC3CO)nc3ccccc32)cc1. The second kappa shape index (κ2) is 6.89. The third kappa shape index (κ3) is 3.14. The van der Waals surface area contributed by atoms with E-state index in [4.69, 9.17) is 4.98 Å². The van der Waals surface area contributed by atoms with Gasteiger partial charge >= 0.3 is 0 Å². The number of hydrogen-bond acceptors (Lipinski definition) is 3. The molecule has 0 aliphatic carbocycles. The summed E-state index contributed by atoms with van der Waals surface area (Å²) < 4.78 is 2.30. The molecule has 0 radical (unpaired) electrons. The van der Waals surface area contributed by atoms with E-state index in [1.807, 2.05) is 6.07 Å². The highest BCUT2D eigenvalue weighted by atomic mass is 16.3. The summed E-state index contributed by atoms with van der Waals surface area (Å²) in [7, 11) is 0. The fraction of sp³-hybridized carbons (Fsp3) is 0.381. The van der Waals surface area contributed by atoms with Crippen LogP contribution in [0.4, 0.5) is 5.95 Å². The standard InChI is InChI=1S/C21H25N3O/c1-16-9-11-17(12-10-16)14-24-20-8-3-2-7-19(20)22-21(24)23-13-5-4-6-18(23)15-25/h2-3,7-12,18,25H,4-6,13-15H2,1H3. The molecule has 130 valence electrons. The number of aryl methyl sites for hydroxylation is 1. The van der Waals surface area contributed by atoms with E-state index in [1.54, 1.807) is 0 Å². The molecular formula is C21H25N3O. The zero-order valence-corrected chi connectivity index (χ0v) is 14.7. The van der Waals surface area contributed by atoms with Crippen LogP contribution in [0.3, 0.4) is 0 Å². The Kier molecular flexibility index (Phi) is 4.45. The van der Waals surface area contributed by atoms with Crippen LogP contribution in [0, 0.1) is 6.92 Å². The van der Waals surface area contributed by atoms with E-state index in [1.165, 1.54) is 17.5 Å². The Morgan fingerprint density at radius 2 is 1.88 bits per heavy atom. The Bertz CT molecular complexity index is 853. The van der Waals surface area contributed by atoms with E-state index < -0.39 is 0 Å². The van der Waals surface area contributed by atoms with E-state index >= 15 is 0 Å². The minimum absolute atomic E-state index is 0.169. The number of imidazole rings is 1. The molecule has 4 heteroatoms. The van der Waals surface area contributed by atoms with E-state index in [-0.39, 0.29) is 12.6 Å². The lowest BCUT2D eigenvalue weighted by atomic mass is 10.0. The molecular weight excluding hydrogens is 310 g/mol. The first kappa shape index (κ1) is 16.2. The molecule has 1 atom stereocenters. The summed E-state index contributed by atoms with van der Waals surface area (Å²) in [4.78, 5) is 7.23. The fourth-order valence-corrected chi connectivity index (χ4v) is 3.77. The molecule has 2 aromatic carbocycles. The van der Waals surface area contributed by atoms with Gasteiger partial charge in [0.25, 0.3) is 0 Å². The van der Waals surface area contributed by atoms with Crippen LogP contribution < -0.4 is 4.90 Å². The molecule has 4 rings (SSSR count). The van der Waals surface area contributed by atoms with Gasteiger partial charge in [0.05, 0.1) is 30.2 Å². The highest BCUT2D eigenvalue weighted by Crippen LogP contribution is 2.29. The average Bonchev–Trinajstić information content (AvgIpc) is 3.02. The second-order valence-electron chi connectivity index (χ2n) is 7.00. The minimum Gasteiger partial charge on any atom is -0.394 e. The highest BCUT2D eigenvalue weighted by Gasteiger charge is 2.26. The number of aromatic nitrogens is 2. The van der Waals surface area contributed by atoms with Crippen molar-refractivity contribution < 1.29 is 5.11 Å². The van der Waals surface area contributed by atoms with Crippen LogP contribution in [0.1, 0.15) is 30.4 Å². The lowest BCUT2D eigenvalue weighted by molar-refractivity contribution is 0.238. The number of hydrogen-bond donors (Lipinski definition) is 1. The van der Waals surface area contributed by atoms with Crippen LogP contribution in [0.15, 0.2) is 48.5 Å². The lowest BCUT2D eigenvalue weighted by Gasteiger charge is -2.35. The molecule has 1 saturated heterocycles. The molecule has 1 fully saturated rings. The molecule has 1 unspecified atom stereocenters. The van der Waals surface area contributed by atoms with Crippen molar-refractivity contribution in [1.82, 2.24) is 9.55 Å². The summed E-state index contributed by atoms with van der Waals surface area (Å²) in [5.41, 5.74) is 4.72. The zero-order chi connectivity index (χ0) is 17.2. The van der Waals surface area contributed by atoms with E-state index in [9.17, 15) is 5.11 Å². The number of piperidine rings is 1. The molecule has 4 nitrogen and oxygen atoms in total. The number of aliphatic hydroxyl groups excluding tert-OH is 1. The molecule has 0 saturated carbocycles. The summed E-state index contributed by atoms with van der Waals surface area (Å²) in [5, 5.41) is 9.83. The number of rotatable bonds is 4. The summed E-state index contributed by atoms with van der Waals surface area (Å²) in [6, 6.07) is 17.2. The van der Waals surface area contributed by atoms with Gasteiger partial charge in [0.1, 0.15) is 0 Å². The summed E-state index contributed by atoms with van der Waals surface area (Å²) in [6.07, 6.45) is 3.37. The fourth-order valence-electron chi connectivity index (χ4n) is 3.77. The quantitative estimate of drug-likeness (QED) is 0.789. The predicted molar refractivity (Wildman–Crippen MR) is 102 cm³/mol. The Morgan fingerprint density at radius 3 is 2.68 bits per heavy atom. The van der Waals surface area contributed by atoms with Crippen molar-refractivity contribution >= 4 is 17.0 Å². The molecule has 0 bridgehead atoms. The van der Waals surface area contributed by atoms with Crippen molar-refractivity contribution in [3.8, 4) is 0 Å². The number of para-hydroxylation sites is 2. The number of nitrogens with zero attached hydrogens (tertiary/aromatic N) is 3. The van der Waals surface area contributed by atoms with Crippen LogP contribution in [-0.2, 0) is 6.54 Å². The first-order valence-corrected chi connectivity index (χ1v) is 9.14. The second-order valence-corrected chi connectivity index (χ2v) is 7.00. The maximum absolute atomic E-state index is 9.83. The number of aliphatic hydroxyl groups is 1. The van der Waals surface area contributed by atoms with Gasteiger partial charge in [0, 0.05) is 6.54 Å². The molecule has 1 aromatic heterocycles. The smallest absolute Gasteiger partial charge is 0.207 e. The summed E-state index contributed by atoms with van der Waals surface area (Å²) >= 11 is 0. The third-order valence-electron chi connectivity index (χ3n) is 5.19. The largest absolute Gasteiger partial charge is 0.394 e. The maximum Gasteiger partial charge on any atom is 0.207 e. The molecule has 0 spiro atoms. The van der Waals surface area contributed by atoms with Crippen molar-refractivity contribution in [1.29, 1.82) is 0 Å². The van der Waals surface area contributed by atoms with Gasteiger partial charge in [-0.3, -0.25) is 0 Å². The Labute approximate surface area is 148 Å². The predicted octanol–water partition coefficient (Wildman–Crippen LogP) is 3.74. The Morgan fingerprint density at radius 1 is 1.08 bits per heavy atom. The van der Waals surface area contributed by atoms with Crippen LogP contribution in [-0.4, -0.2) is 33.9 Å². The van der Waals surface area contributed by atoms with Crippen LogP contribution in [0.25, 0.3) is 11.0 Å². The topological polar surface area (TPSA) is 41.3 Å². The van der Waals surface area contributed by atoms with Crippen molar-refractivity contribution in [2.24, 2.45) is 0 Å². The molecule has 25 heavy (non-hydrogen) atoms. The van der Waals surface area contributed by atoms with Gasteiger partial charge in [-0.2, -0.15) is 0 Å². The molecule has 1 aliphatic rings. The average molecular weight is 335 g/mol. The Balaban J connectivity index is 1.78. The van der Waals surface area contributed by atoms with Gasteiger partial charge in [-0.15, -0.1) is 0 Å². The van der Waals surface area contributed by atoms with Crippen LogP contribution in [0.5, 0.6) is 0 Å². The summed E-state index contributed by atoms with van der Waals surface area (Å²) in [5.74, 6) is 0.987. The first-order valence-electron chi connectivity index (χ1n) is 9.14. The van der Waals surface area contributed by atoms with Gasteiger partial charge in [0.2, 0.25) is 5.95 Å². The van der Waals surface area contributed by atoms with Crippen molar-refractivity contribution in [2.75, 3.05) is 18.1 Å². The number of anilines is 1. The molecule has 2 heterocycles. The molecule has 1 aliphatic heterocycles.